The van der Waals surface area contributed by atoms with Gasteiger partial charge in [-0.3, -0.25) is 4.90 Å². The molecule has 0 spiro atoms. The number of nitrogens with two attached hydrogens (primary N) is 1. The van der Waals surface area contributed by atoms with Crippen molar-refractivity contribution in [1.82, 2.24) is 4.90 Å². The number of thiocarbonyl (C=S) groups is 1. The van der Waals surface area contributed by atoms with Gasteiger partial charge in [-0.25, -0.2) is 0 Å². The molecule has 0 aliphatic rings. The summed E-state index contributed by atoms with van der Waals surface area (Å²) in [5.41, 5.74) is 6.53. The van der Waals surface area contributed by atoms with E-state index < -0.39 is 0 Å². The second-order valence-corrected chi connectivity index (χ2v) is 4.16. The molecule has 1 rings (SSSR count). The molecule has 0 unspecified atom stereocenters. The number of nitrogens with zero attached hydrogens (tertiary/aromatic N) is 1. The topological polar surface area (TPSA) is 29.3 Å². The maximum Gasteiger partial charge on any atom is 0.0870 e. The third-order valence-electron chi connectivity index (χ3n) is 1.82. The van der Waals surface area contributed by atoms with Crippen LogP contribution in [0.5, 0.6) is 0 Å². The summed E-state index contributed by atoms with van der Waals surface area (Å²) in [4.78, 5) is 2.53. The van der Waals surface area contributed by atoms with E-state index in [9.17, 15) is 0 Å². The molecule has 76 valence electrons. The maximum atomic E-state index is 6.01. The van der Waals surface area contributed by atoms with Crippen LogP contribution in [0.25, 0.3) is 0 Å². The molecule has 0 aliphatic heterocycles. The smallest absolute Gasteiger partial charge is 0.0870 e. The molecule has 0 heterocycles. The van der Waals surface area contributed by atoms with Gasteiger partial charge < -0.3 is 5.73 Å². The largest absolute Gasteiger partial charge is 0.392 e. The Bertz CT molecular complexity index is 328. The molecule has 14 heavy (non-hydrogen) atoms. The van der Waals surface area contributed by atoms with E-state index >= 15 is 0 Å². The van der Waals surface area contributed by atoms with Crippen molar-refractivity contribution in [2.45, 2.75) is 6.54 Å². The lowest BCUT2D eigenvalue weighted by atomic mass is 10.2. The number of hydrogen-bond acceptors (Lipinski definition) is 2. The molecule has 1 aromatic rings. The van der Waals surface area contributed by atoms with E-state index in [1.807, 2.05) is 36.2 Å². The van der Waals surface area contributed by atoms with Crippen LogP contribution < -0.4 is 5.73 Å². The van der Waals surface area contributed by atoms with Crippen molar-refractivity contribution in [2.24, 2.45) is 5.73 Å². The Morgan fingerprint density at radius 2 is 2.14 bits per heavy atom. The van der Waals surface area contributed by atoms with Gasteiger partial charge in [-0.1, -0.05) is 42.0 Å². The van der Waals surface area contributed by atoms with Gasteiger partial charge >= 0.3 is 0 Å². The standard InChI is InChI=1S/C10H13ClN2S/c1-13(7-10(12)14)6-8-4-2-3-5-9(8)11/h2-5H,6-7H2,1H3,(H2,12,14). The molecule has 1 aromatic carbocycles. The first-order valence-electron chi connectivity index (χ1n) is 4.30. The third kappa shape index (κ3) is 3.62. The summed E-state index contributed by atoms with van der Waals surface area (Å²) in [5, 5.41) is 0.780. The fourth-order valence-corrected chi connectivity index (χ4v) is 1.66. The summed E-state index contributed by atoms with van der Waals surface area (Å²) < 4.78 is 0. The summed E-state index contributed by atoms with van der Waals surface area (Å²) in [7, 11) is 1.96. The third-order valence-corrected chi connectivity index (χ3v) is 2.32. The molecular weight excluding hydrogens is 216 g/mol. The summed E-state index contributed by atoms with van der Waals surface area (Å²) in [6, 6.07) is 7.76. The quantitative estimate of drug-likeness (QED) is 0.800. The molecule has 0 bridgehead atoms. The number of benzene rings is 1. The highest BCUT2D eigenvalue weighted by molar-refractivity contribution is 7.80. The van der Waals surface area contributed by atoms with Crippen molar-refractivity contribution in [1.29, 1.82) is 0 Å². The highest BCUT2D eigenvalue weighted by Crippen LogP contribution is 2.16. The molecule has 0 amide bonds. The van der Waals surface area contributed by atoms with E-state index in [0.29, 0.717) is 11.5 Å². The van der Waals surface area contributed by atoms with Crippen molar-refractivity contribution in [3.63, 3.8) is 0 Å². The predicted molar refractivity (Wildman–Crippen MR) is 64.6 cm³/mol. The summed E-state index contributed by atoms with van der Waals surface area (Å²) in [6.07, 6.45) is 0. The van der Waals surface area contributed by atoms with Crippen molar-refractivity contribution in [3.05, 3.63) is 34.9 Å². The zero-order valence-electron chi connectivity index (χ0n) is 8.03. The van der Waals surface area contributed by atoms with Crippen molar-refractivity contribution in [3.8, 4) is 0 Å². The molecule has 0 saturated carbocycles. The second kappa shape index (κ2) is 5.29. The lowest BCUT2D eigenvalue weighted by Crippen LogP contribution is -2.29. The summed E-state index contributed by atoms with van der Waals surface area (Å²) in [6.45, 7) is 1.37. The van der Waals surface area contributed by atoms with Crippen molar-refractivity contribution >= 4 is 28.8 Å². The first kappa shape index (κ1) is 11.4. The summed E-state index contributed by atoms with van der Waals surface area (Å²) in [5.74, 6) is 0. The molecule has 2 nitrogen and oxygen atoms in total. The normalized spacial score (nSPS) is 10.5. The second-order valence-electron chi connectivity index (χ2n) is 3.23. The summed E-state index contributed by atoms with van der Waals surface area (Å²) >= 11 is 10.8. The molecule has 0 aliphatic carbocycles. The molecule has 0 radical (unpaired) electrons. The maximum absolute atomic E-state index is 6.01. The zero-order valence-corrected chi connectivity index (χ0v) is 9.61. The van der Waals surface area contributed by atoms with Gasteiger partial charge in [0.2, 0.25) is 0 Å². The van der Waals surface area contributed by atoms with Crippen LogP contribution in [-0.4, -0.2) is 23.5 Å². The Balaban J connectivity index is 2.60. The van der Waals surface area contributed by atoms with Crippen LogP contribution in [0.1, 0.15) is 5.56 Å². The minimum Gasteiger partial charge on any atom is -0.392 e. The van der Waals surface area contributed by atoms with E-state index in [4.69, 9.17) is 29.6 Å². The van der Waals surface area contributed by atoms with Gasteiger partial charge in [0.15, 0.2) is 0 Å². The minimum atomic E-state index is 0.500. The molecular formula is C10H13ClN2S. The van der Waals surface area contributed by atoms with Gasteiger partial charge in [-0.05, 0) is 18.7 Å². The van der Waals surface area contributed by atoms with Gasteiger partial charge in [0.25, 0.3) is 0 Å². The lowest BCUT2D eigenvalue weighted by molar-refractivity contribution is 0.375. The lowest BCUT2D eigenvalue weighted by Gasteiger charge is -2.16. The number of halogens is 1. The van der Waals surface area contributed by atoms with E-state index in [-0.39, 0.29) is 0 Å². The van der Waals surface area contributed by atoms with Crippen LogP contribution in [0.3, 0.4) is 0 Å². The molecule has 2 N–H and O–H groups in total. The average molecular weight is 229 g/mol. The van der Waals surface area contributed by atoms with E-state index in [0.717, 1.165) is 17.1 Å². The van der Waals surface area contributed by atoms with Crippen LogP contribution in [0.2, 0.25) is 5.02 Å². The zero-order chi connectivity index (χ0) is 10.6. The first-order valence-corrected chi connectivity index (χ1v) is 5.08. The van der Waals surface area contributed by atoms with Crippen LogP contribution >= 0.6 is 23.8 Å². The van der Waals surface area contributed by atoms with Crippen LogP contribution in [-0.2, 0) is 6.54 Å². The van der Waals surface area contributed by atoms with E-state index in [1.54, 1.807) is 0 Å². The monoisotopic (exact) mass is 228 g/mol. The predicted octanol–water partition coefficient (Wildman–Crippen LogP) is 2.06. The fourth-order valence-electron chi connectivity index (χ4n) is 1.24. The van der Waals surface area contributed by atoms with Crippen molar-refractivity contribution in [2.75, 3.05) is 13.6 Å². The first-order chi connectivity index (χ1) is 6.59. The number of rotatable bonds is 4. The SMILES string of the molecule is CN(CC(N)=S)Cc1ccccc1Cl. The van der Waals surface area contributed by atoms with Crippen LogP contribution in [0, 0.1) is 0 Å². The van der Waals surface area contributed by atoms with Crippen LogP contribution in [0.15, 0.2) is 24.3 Å². The molecule has 0 fully saturated rings. The Morgan fingerprint density at radius 3 is 2.71 bits per heavy atom. The average Bonchev–Trinajstić information content (AvgIpc) is 2.07. The van der Waals surface area contributed by atoms with E-state index in [2.05, 4.69) is 0 Å². The Kier molecular flexibility index (Phi) is 4.32. The number of likely N-dealkylation sites (N-methyl/N-ethyl adjacent to an activating group) is 1. The number of hydrogen-bond donors (Lipinski definition) is 1. The van der Waals surface area contributed by atoms with E-state index in [1.165, 1.54) is 0 Å². The minimum absolute atomic E-state index is 0.500. The Labute approximate surface area is 94.7 Å². The Hall–Kier alpha value is -0.640. The fraction of sp³-hybridized carbons (Fsp3) is 0.300. The Morgan fingerprint density at radius 1 is 1.50 bits per heavy atom. The molecule has 0 aromatic heterocycles. The van der Waals surface area contributed by atoms with Gasteiger partial charge in [0.05, 0.1) is 4.99 Å². The van der Waals surface area contributed by atoms with Gasteiger partial charge in [-0.15, -0.1) is 0 Å². The highest BCUT2D eigenvalue weighted by atomic mass is 35.5. The van der Waals surface area contributed by atoms with Gasteiger partial charge in [0, 0.05) is 18.1 Å². The molecule has 0 atom stereocenters. The van der Waals surface area contributed by atoms with Crippen LogP contribution in [0.4, 0.5) is 0 Å². The highest BCUT2D eigenvalue weighted by Gasteiger charge is 2.04. The van der Waals surface area contributed by atoms with Crippen molar-refractivity contribution < 1.29 is 0 Å². The molecule has 4 heteroatoms. The van der Waals surface area contributed by atoms with Gasteiger partial charge in [0.1, 0.15) is 0 Å². The van der Waals surface area contributed by atoms with Gasteiger partial charge in [-0.2, -0.15) is 0 Å². The molecule has 0 saturated heterocycles.